The molecule has 4 nitrogen and oxygen atoms in total. The Morgan fingerprint density at radius 2 is 1.24 bits per heavy atom. The number of halogens is 9. The first-order valence-electron chi connectivity index (χ1n) is 4.58. The molecule has 0 atom stereocenters. The van der Waals surface area contributed by atoms with Crippen molar-refractivity contribution in [2.24, 2.45) is 4.40 Å². The van der Waals surface area contributed by atoms with E-state index in [9.17, 15) is 47.9 Å². The molecule has 0 heterocycles. The van der Waals surface area contributed by atoms with E-state index in [0.29, 0.717) is 4.90 Å². The van der Waals surface area contributed by atoms with E-state index in [0.717, 1.165) is 14.1 Å². The Morgan fingerprint density at radius 1 is 0.857 bits per heavy atom. The van der Waals surface area contributed by atoms with E-state index in [1.54, 1.807) is 0 Å². The standard InChI is InChI=1S/C7H7F9N2O2S/c1-18(2)3-17-21(19,20)7(15,16)5(10,11)4(8,9)6(12,13)14/h3H,1-2H3/b17-3+. The van der Waals surface area contributed by atoms with Crippen LogP contribution in [0, 0.1) is 0 Å². The van der Waals surface area contributed by atoms with Crippen molar-refractivity contribution in [3.05, 3.63) is 0 Å². The van der Waals surface area contributed by atoms with E-state index >= 15 is 0 Å². The lowest BCUT2D eigenvalue weighted by Gasteiger charge is -2.32. The predicted octanol–water partition coefficient (Wildman–Crippen LogP) is 2.33. The third kappa shape index (κ3) is 3.18. The Kier molecular flexibility index (Phi) is 4.91. The zero-order valence-electron chi connectivity index (χ0n) is 10.1. The summed E-state index contributed by atoms with van der Waals surface area (Å²) in [6.07, 6.45) is -7.08. The molecule has 21 heavy (non-hydrogen) atoms. The van der Waals surface area contributed by atoms with Gasteiger partial charge in [0, 0.05) is 14.1 Å². The van der Waals surface area contributed by atoms with Gasteiger partial charge in [0.1, 0.15) is 6.34 Å². The van der Waals surface area contributed by atoms with Crippen molar-refractivity contribution in [2.75, 3.05) is 14.1 Å². The molecule has 126 valence electrons. The van der Waals surface area contributed by atoms with Crippen molar-refractivity contribution in [3.63, 3.8) is 0 Å². The van der Waals surface area contributed by atoms with Crippen LogP contribution in [-0.4, -0.2) is 57.0 Å². The van der Waals surface area contributed by atoms with Gasteiger partial charge >= 0.3 is 33.3 Å². The quantitative estimate of drug-likeness (QED) is 0.433. The van der Waals surface area contributed by atoms with E-state index in [2.05, 4.69) is 0 Å². The SMILES string of the molecule is CN(C)/C=N/S(=O)(=O)C(F)(F)C(F)(F)C(F)(F)C(F)(F)F. The predicted molar refractivity (Wildman–Crippen MR) is 52.0 cm³/mol. The second kappa shape index (κ2) is 5.21. The molecule has 0 aliphatic carbocycles. The van der Waals surface area contributed by atoms with Crippen molar-refractivity contribution in [2.45, 2.75) is 23.3 Å². The van der Waals surface area contributed by atoms with Crippen LogP contribution < -0.4 is 0 Å². The minimum Gasteiger partial charge on any atom is -0.368 e. The number of hydrogen-bond acceptors (Lipinski definition) is 2. The van der Waals surface area contributed by atoms with Gasteiger partial charge in [0.05, 0.1) is 0 Å². The molecule has 0 saturated carbocycles. The molecule has 0 spiro atoms. The van der Waals surface area contributed by atoms with Gasteiger partial charge in [0.15, 0.2) is 0 Å². The van der Waals surface area contributed by atoms with Crippen molar-refractivity contribution in [1.82, 2.24) is 4.90 Å². The van der Waals surface area contributed by atoms with E-state index in [-0.39, 0.29) is 6.34 Å². The van der Waals surface area contributed by atoms with Gasteiger partial charge in [-0.2, -0.15) is 47.9 Å². The molecule has 0 aromatic heterocycles. The van der Waals surface area contributed by atoms with Crippen LogP contribution in [0.2, 0.25) is 0 Å². The van der Waals surface area contributed by atoms with Gasteiger partial charge < -0.3 is 4.90 Å². The number of hydrogen-bond donors (Lipinski definition) is 0. The lowest BCUT2D eigenvalue weighted by atomic mass is 10.1. The van der Waals surface area contributed by atoms with Crippen molar-refractivity contribution < 1.29 is 47.9 Å². The molecule has 0 fully saturated rings. The maximum absolute atomic E-state index is 13.0. The zero-order chi connectivity index (χ0) is 17.5. The van der Waals surface area contributed by atoms with Gasteiger partial charge in [-0.25, -0.2) is 0 Å². The smallest absolute Gasteiger partial charge is 0.368 e. The van der Waals surface area contributed by atoms with Gasteiger partial charge in [-0.3, -0.25) is 0 Å². The number of nitrogens with zero attached hydrogens (tertiary/aromatic N) is 2. The summed E-state index contributed by atoms with van der Waals surface area (Å²) in [5.41, 5.74) is 0. The molecule has 0 rings (SSSR count). The molecule has 0 amide bonds. The second-order valence-electron chi connectivity index (χ2n) is 3.82. The van der Waals surface area contributed by atoms with Crippen molar-refractivity contribution in [3.8, 4) is 0 Å². The molecule has 0 N–H and O–H groups in total. The zero-order valence-corrected chi connectivity index (χ0v) is 10.9. The first kappa shape index (κ1) is 19.8. The monoisotopic (exact) mass is 354 g/mol. The first-order chi connectivity index (χ1) is 8.92. The molecule has 0 unspecified atom stereocenters. The average Bonchev–Trinajstić information content (AvgIpc) is 2.24. The molecule has 0 radical (unpaired) electrons. The molecular formula is C7H7F9N2O2S. The van der Waals surface area contributed by atoms with Gasteiger partial charge in [-0.15, -0.1) is 4.40 Å². The number of sulfonamides is 1. The van der Waals surface area contributed by atoms with Gasteiger partial charge in [0.25, 0.3) is 0 Å². The number of alkyl halides is 9. The fourth-order valence-electron chi connectivity index (χ4n) is 0.745. The Bertz CT molecular complexity index is 509. The first-order valence-corrected chi connectivity index (χ1v) is 6.02. The van der Waals surface area contributed by atoms with Gasteiger partial charge in [0.2, 0.25) is 0 Å². The normalized spacial score (nSPS) is 15.6. The summed E-state index contributed by atoms with van der Waals surface area (Å²) >= 11 is 0. The van der Waals surface area contributed by atoms with Crippen molar-refractivity contribution >= 4 is 16.4 Å². The summed E-state index contributed by atoms with van der Waals surface area (Å²) in [5, 5.41) is -6.79. The maximum atomic E-state index is 13.0. The average molecular weight is 354 g/mol. The highest BCUT2D eigenvalue weighted by Crippen LogP contribution is 2.54. The fraction of sp³-hybridized carbons (Fsp3) is 0.857. The van der Waals surface area contributed by atoms with Crippen LogP contribution in [0.3, 0.4) is 0 Å². The third-order valence-corrected chi connectivity index (χ3v) is 3.13. The van der Waals surface area contributed by atoms with Crippen LogP contribution in [0.4, 0.5) is 39.5 Å². The molecule has 14 heteroatoms. The summed E-state index contributed by atoms with van der Waals surface area (Å²) < 4.78 is 135. The summed E-state index contributed by atoms with van der Waals surface area (Å²) in [4.78, 5) is 0.647. The molecular weight excluding hydrogens is 347 g/mol. The largest absolute Gasteiger partial charge is 0.460 e. The Labute approximate surface area is 112 Å². The minimum absolute atomic E-state index is 0.0189. The molecule has 0 aliphatic rings. The minimum atomic E-state index is -7.29. The Morgan fingerprint density at radius 3 is 1.52 bits per heavy atom. The van der Waals surface area contributed by atoms with Crippen LogP contribution in [0.25, 0.3) is 0 Å². The summed E-state index contributed by atoms with van der Waals surface area (Å²) in [6, 6.07) is 0. The highest BCUT2D eigenvalue weighted by Gasteiger charge is 2.85. The van der Waals surface area contributed by atoms with E-state index in [4.69, 9.17) is 0 Å². The van der Waals surface area contributed by atoms with E-state index in [1.165, 1.54) is 0 Å². The molecule has 0 aromatic carbocycles. The maximum Gasteiger partial charge on any atom is 0.460 e. The summed E-state index contributed by atoms with van der Waals surface area (Å²) in [5.74, 6) is -14.6. The van der Waals surface area contributed by atoms with Gasteiger partial charge in [-0.05, 0) is 0 Å². The van der Waals surface area contributed by atoms with E-state index < -0.39 is 33.3 Å². The van der Waals surface area contributed by atoms with Crippen LogP contribution in [0.1, 0.15) is 0 Å². The van der Waals surface area contributed by atoms with Crippen LogP contribution >= 0.6 is 0 Å². The van der Waals surface area contributed by atoms with E-state index in [1.807, 2.05) is 4.40 Å². The van der Waals surface area contributed by atoms with Crippen LogP contribution in [0.5, 0.6) is 0 Å². The highest BCUT2D eigenvalue weighted by molar-refractivity contribution is 7.91. The summed E-state index contributed by atoms with van der Waals surface area (Å²) in [7, 11) is -4.69. The Hall–Kier alpha value is -1.21. The highest BCUT2D eigenvalue weighted by atomic mass is 32.2. The second-order valence-corrected chi connectivity index (χ2v) is 5.50. The number of rotatable bonds is 5. The van der Waals surface area contributed by atoms with Crippen LogP contribution in [0.15, 0.2) is 4.40 Å². The summed E-state index contributed by atoms with van der Waals surface area (Å²) in [6.45, 7) is 0. The molecule has 0 aromatic rings. The lowest BCUT2D eigenvalue weighted by molar-refractivity contribution is -0.382. The third-order valence-electron chi connectivity index (χ3n) is 1.86. The molecule has 0 saturated heterocycles. The van der Waals surface area contributed by atoms with Crippen molar-refractivity contribution in [1.29, 1.82) is 0 Å². The topological polar surface area (TPSA) is 49.7 Å². The Balaban J connectivity index is 6.02. The van der Waals surface area contributed by atoms with Crippen LogP contribution in [-0.2, 0) is 10.0 Å². The fourth-order valence-corrected chi connectivity index (χ4v) is 1.64. The molecule has 0 aliphatic heterocycles. The van der Waals surface area contributed by atoms with Gasteiger partial charge in [-0.1, -0.05) is 0 Å². The lowest BCUT2D eigenvalue weighted by Crippen LogP contribution is -2.62. The molecule has 0 bridgehead atoms.